The lowest BCUT2D eigenvalue weighted by molar-refractivity contribution is 1.17. The van der Waals surface area contributed by atoms with E-state index in [1.165, 1.54) is 48.3 Å². The largest absolute Gasteiger partial charge is 0.309 e. The van der Waals surface area contributed by atoms with Crippen molar-refractivity contribution in [3.63, 3.8) is 0 Å². The van der Waals surface area contributed by atoms with E-state index in [9.17, 15) is 0 Å². The first-order chi connectivity index (χ1) is 24.8. The minimum absolute atomic E-state index is 0.714. The molecule has 0 spiro atoms. The molecule has 0 N–H and O–H groups in total. The molecule has 0 saturated carbocycles. The van der Waals surface area contributed by atoms with Gasteiger partial charge in [0.25, 0.3) is 0 Å². The molecule has 7 aromatic carbocycles. The molecule has 234 valence electrons. The summed E-state index contributed by atoms with van der Waals surface area (Å²) in [7, 11) is 0. The number of nitrogens with zero attached hydrogens (tertiary/aromatic N) is 3. The van der Waals surface area contributed by atoms with Gasteiger partial charge < -0.3 is 4.57 Å². The van der Waals surface area contributed by atoms with Crippen molar-refractivity contribution in [2.75, 3.05) is 0 Å². The Morgan fingerprint density at radius 3 is 1.94 bits per heavy atom. The summed E-state index contributed by atoms with van der Waals surface area (Å²) in [5.74, 6) is 0.714. The fourth-order valence-corrected chi connectivity index (χ4v) is 8.25. The zero-order valence-corrected chi connectivity index (χ0v) is 27.8. The van der Waals surface area contributed by atoms with E-state index in [1.807, 2.05) is 0 Å². The van der Waals surface area contributed by atoms with Crippen LogP contribution in [0, 0.1) is 0 Å². The van der Waals surface area contributed by atoms with E-state index in [1.54, 1.807) is 11.3 Å². The van der Waals surface area contributed by atoms with Gasteiger partial charge in [0.2, 0.25) is 0 Å². The van der Waals surface area contributed by atoms with Crippen LogP contribution >= 0.6 is 11.3 Å². The average Bonchev–Trinajstić information content (AvgIpc) is 3.77. The third-order valence-electron chi connectivity index (χ3n) is 9.63. The van der Waals surface area contributed by atoms with E-state index < -0.39 is 0 Å². The van der Waals surface area contributed by atoms with Gasteiger partial charge in [-0.05, 0) is 81.9 Å². The molecule has 0 unspecified atom stereocenters. The van der Waals surface area contributed by atoms with Gasteiger partial charge in [-0.1, -0.05) is 121 Å². The second kappa shape index (κ2) is 11.7. The summed E-state index contributed by atoms with van der Waals surface area (Å²) in [6.45, 7) is 0. The molecular formula is C46H29N3S. The number of hydrogen-bond donors (Lipinski definition) is 0. The maximum absolute atomic E-state index is 5.24. The highest BCUT2D eigenvalue weighted by molar-refractivity contribution is 7.22. The Balaban J connectivity index is 1.14. The average molecular weight is 656 g/mol. The van der Waals surface area contributed by atoms with Gasteiger partial charge >= 0.3 is 0 Å². The highest BCUT2D eigenvalue weighted by Crippen LogP contribution is 2.38. The van der Waals surface area contributed by atoms with Crippen LogP contribution in [0.3, 0.4) is 0 Å². The molecule has 0 amide bonds. The quantitative estimate of drug-likeness (QED) is 0.185. The minimum Gasteiger partial charge on any atom is -0.309 e. The fraction of sp³-hybridized carbons (Fsp3) is 0. The summed E-state index contributed by atoms with van der Waals surface area (Å²) >= 11 is 1.77. The molecule has 0 saturated heterocycles. The van der Waals surface area contributed by atoms with Crippen molar-refractivity contribution >= 4 is 54.0 Å². The zero-order valence-electron chi connectivity index (χ0n) is 27.0. The van der Waals surface area contributed by atoms with Crippen LogP contribution in [0.5, 0.6) is 0 Å². The van der Waals surface area contributed by atoms with Crippen LogP contribution in [0.15, 0.2) is 176 Å². The number of thiophene rings is 1. The summed E-state index contributed by atoms with van der Waals surface area (Å²) in [5.41, 5.74) is 9.77. The molecule has 3 heterocycles. The number of hydrogen-bond acceptors (Lipinski definition) is 3. The van der Waals surface area contributed by atoms with Crippen molar-refractivity contribution < 1.29 is 0 Å². The molecule has 0 aliphatic carbocycles. The number of para-hydroxylation sites is 2. The molecule has 0 radical (unpaired) electrons. The number of rotatable bonds is 5. The molecule has 0 atom stereocenters. The third-order valence-corrected chi connectivity index (χ3v) is 10.8. The minimum atomic E-state index is 0.714. The van der Waals surface area contributed by atoms with Crippen molar-refractivity contribution in [2.45, 2.75) is 0 Å². The van der Waals surface area contributed by atoms with Crippen LogP contribution in [0.25, 0.3) is 92.7 Å². The molecule has 0 bridgehead atoms. The van der Waals surface area contributed by atoms with E-state index in [0.29, 0.717) is 5.82 Å². The second-order valence-electron chi connectivity index (χ2n) is 12.6. The van der Waals surface area contributed by atoms with Gasteiger partial charge in [-0.25, -0.2) is 9.97 Å². The Labute approximate surface area is 293 Å². The van der Waals surface area contributed by atoms with E-state index in [-0.39, 0.29) is 0 Å². The summed E-state index contributed by atoms with van der Waals surface area (Å²) in [6, 6.07) is 62.6. The van der Waals surface area contributed by atoms with Gasteiger partial charge in [-0.2, -0.15) is 0 Å². The maximum atomic E-state index is 5.24. The fourth-order valence-electron chi connectivity index (χ4n) is 7.22. The van der Waals surface area contributed by atoms with Crippen molar-refractivity contribution in [1.29, 1.82) is 0 Å². The monoisotopic (exact) mass is 655 g/mol. The normalized spacial score (nSPS) is 11.6. The van der Waals surface area contributed by atoms with Crippen LogP contribution in [0.1, 0.15) is 0 Å². The summed E-state index contributed by atoms with van der Waals surface area (Å²) in [5, 5.41) is 6.11. The molecule has 50 heavy (non-hydrogen) atoms. The first kappa shape index (κ1) is 28.6. The molecule has 0 aliphatic rings. The van der Waals surface area contributed by atoms with E-state index in [4.69, 9.17) is 9.97 Å². The lowest BCUT2D eigenvalue weighted by Gasteiger charge is -2.11. The van der Waals surface area contributed by atoms with E-state index in [0.717, 1.165) is 38.6 Å². The molecule has 4 heteroatoms. The first-order valence-corrected chi connectivity index (χ1v) is 17.6. The maximum Gasteiger partial charge on any atom is 0.160 e. The summed E-state index contributed by atoms with van der Waals surface area (Å²) in [4.78, 5) is 11.6. The zero-order chi connectivity index (χ0) is 33.0. The highest BCUT2D eigenvalue weighted by atomic mass is 32.1. The first-order valence-electron chi connectivity index (χ1n) is 16.8. The SMILES string of the molecule is c1ccc(-n2c3ccccc3c3cc(-c4nc(-c5ccc(-c6cccc7ccccc67)cc5)cc(-c5cc6ccccc6s5)n4)ccc32)cc1. The van der Waals surface area contributed by atoms with Crippen molar-refractivity contribution in [3.05, 3.63) is 176 Å². The Bertz CT molecular complexity index is 2830. The smallest absolute Gasteiger partial charge is 0.160 e. The van der Waals surface area contributed by atoms with Gasteiger partial charge in [0.15, 0.2) is 5.82 Å². The standard InChI is InChI=1S/C46H29N3S/c1-2-14-35(15-3-1)49-42-19-8-7-17-38(42)39-27-34(25-26-43(39)49)46-47-40(29-41(48-46)45-28-33-12-5-9-20-44(33)50-45)32-23-21-31(22-24-32)37-18-10-13-30-11-4-6-16-36(30)37/h1-29H. The van der Waals surface area contributed by atoms with Crippen LogP contribution < -0.4 is 0 Å². The van der Waals surface area contributed by atoms with Gasteiger partial charge in [0, 0.05) is 32.3 Å². The van der Waals surface area contributed by atoms with Crippen molar-refractivity contribution in [2.24, 2.45) is 0 Å². The van der Waals surface area contributed by atoms with Gasteiger partial charge in [-0.15, -0.1) is 11.3 Å². The van der Waals surface area contributed by atoms with E-state index >= 15 is 0 Å². The molecule has 0 aliphatic heterocycles. The molecular weight excluding hydrogens is 627 g/mol. The molecule has 10 aromatic rings. The Kier molecular flexibility index (Phi) is 6.68. The molecule has 10 rings (SSSR count). The Hall–Kier alpha value is -6.36. The number of aromatic nitrogens is 3. The van der Waals surface area contributed by atoms with E-state index in [2.05, 4.69) is 180 Å². The predicted octanol–water partition coefficient (Wildman–Crippen LogP) is 12.6. The van der Waals surface area contributed by atoms with Gasteiger partial charge in [0.1, 0.15) is 0 Å². The van der Waals surface area contributed by atoms with Crippen LogP contribution in [0.2, 0.25) is 0 Å². The lowest BCUT2D eigenvalue weighted by Crippen LogP contribution is -1.96. The summed E-state index contributed by atoms with van der Waals surface area (Å²) < 4.78 is 3.59. The molecule has 0 fully saturated rings. The van der Waals surface area contributed by atoms with Gasteiger partial charge in [0.05, 0.1) is 27.3 Å². The number of benzene rings is 7. The van der Waals surface area contributed by atoms with Crippen LogP contribution in [-0.2, 0) is 0 Å². The Morgan fingerprint density at radius 1 is 0.420 bits per heavy atom. The third kappa shape index (κ3) is 4.80. The predicted molar refractivity (Wildman–Crippen MR) is 211 cm³/mol. The Morgan fingerprint density at radius 2 is 1.08 bits per heavy atom. The van der Waals surface area contributed by atoms with Crippen molar-refractivity contribution in [3.8, 4) is 50.0 Å². The van der Waals surface area contributed by atoms with Gasteiger partial charge in [-0.3, -0.25) is 0 Å². The number of fused-ring (bicyclic) bond motifs is 5. The lowest BCUT2D eigenvalue weighted by atomic mass is 9.97. The summed E-state index contributed by atoms with van der Waals surface area (Å²) in [6.07, 6.45) is 0. The topological polar surface area (TPSA) is 30.7 Å². The highest BCUT2D eigenvalue weighted by Gasteiger charge is 2.17. The van der Waals surface area contributed by atoms with Crippen LogP contribution in [0.4, 0.5) is 0 Å². The molecule has 3 aromatic heterocycles. The van der Waals surface area contributed by atoms with Crippen LogP contribution in [-0.4, -0.2) is 14.5 Å². The van der Waals surface area contributed by atoms with Crippen molar-refractivity contribution in [1.82, 2.24) is 14.5 Å². The second-order valence-corrected chi connectivity index (χ2v) is 13.7. The molecule has 3 nitrogen and oxygen atoms in total.